The Balaban J connectivity index is 2.27. The fourth-order valence-electron chi connectivity index (χ4n) is 2.55. The molecule has 0 unspecified atom stereocenters. The van der Waals surface area contributed by atoms with Crippen molar-refractivity contribution >= 4 is 17.0 Å². The van der Waals surface area contributed by atoms with Crippen LogP contribution in [0.4, 0.5) is 0 Å². The molecule has 1 aromatic heterocycles. The number of esters is 1. The predicted molar refractivity (Wildman–Crippen MR) is 90.6 cm³/mol. The molecule has 124 valence electrons. The summed E-state index contributed by atoms with van der Waals surface area (Å²) >= 11 is 0. The summed E-state index contributed by atoms with van der Waals surface area (Å²) in [5, 5.41) is 19.5. The van der Waals surface area contributed by atoms with E-state index in [-0.39, 0.29) is 11.2 Å². The minimum atomic E-state index is -0.474. The topological polar surface area (TPSA) is 77.2 Å². The first kappa shape index (κ1) is 16.0. The van der Waals surface area contributed by atoms with Gasteiger partial charge in [-0.25, -0.2) is 4.79 Å². The Labute approximate surface area is 139 Å². The highest BCUT2D eigenvalue weighted by Crippen LogP contribution is 2.36. The van der Waals surface area contributed by atoms with Crippen molar-refractivity contribution < 1.29 is 14.6 Å². The summed E-state index contributed by atoms with van der Waals surface area (Å²) < 4.78 is 4.82. The molecule has 0 fully saturated rings. The van der Waals surface area contributed by atoms with E-state index in [2.05, 4.69) is 10.2 Å². The first-order chi connectivity index (χ1) is 11.3. The minimum Gasteiger partial charge on any atom is -0.505 e. The van der Waals surface area contributed by atoms with Gasteiger partial charge < -0.3 is 9.84 Å². The zero-order valence-corrected chi connectivity index (χ0v) is 14.1. The van der Waals surface area contributed by atoms with Crippen LogP contribution >= 0.6 is 0 Å². The fourth-order valence-corrected chi connectivity index (χ4v) is 2.55. The van der Waals surface area contributed by atoms with Crippen molar-refractivity contribution in [2.75, 3.05) is 7.11 Å². The molecule has 0 radical (unpaired) electrons. The van der Waals surface area contributed by atoms with Gasteiger partial charge >= 0.3 is 5.97 Å². The largest absolute Gasteiger partial charge is 0.505 e. The number of benzene rings is 2. The van der Waals surface area contributed by atoms with Crippen LogP contribution in [-0.2, 0) is 10.2 Å². The van der Waals surface area contributed by atoms with Crippen molar-refractivity contribution in [2.45, 2.75) is 26.2 Å². The van der Waals surface area contributed by atoms with Gasteiger partial charge in [-0.3, -0.25) is 0 Å². The molecular formula is C18H19N3O3. The number of fused-ring (bicyclic) bond motifs is 1. The van der Waals surface area contributed by atoms with Crippen LogP contribution in [-0.4, -0.2) is 33.2 Å². The van der Waals surface area contributed by atoms with Crippen molar-refractivity contribution in [1.29, 1.82) is 0 Å². The maximum Gasteiger partial charge on any atom is 0.337 e. The Kier molecular flexibility index (Phi) is 3.75. The van der Waals surface area contributed by atoms with Gasteiger partial charge in [0, 0.05) is 5.56 Å². The third-order valence-electron chi connectivity index (χ3n) is 3.82. The Morgan fingerprint density at radius 3 is 2.21 bits per heavy atom. The number of hydrogen-bond acceptors (Lipinski definition) is 5. The lowest BCUT2D eigenvalue weighted by Gasteiger charge is -2.22. The number of nitrogens with zero attached hydrogens (tertiary/aromatic N) is 3. The van der Waals surface area contributed by atoms with Gasteiger partial charge in [0.15, 0.2) is 0 Å². The number of hydrogen-bond donors (Lipinski definition) is 1. The van der Waals surface area contributed by atoms with E-state index in [1.54, 1.807) is 6.07 Å². The number of ether oxygens (including phenoxy) is 1. The van der Waals surface area contributed by atoms with Gasteiger partial charge in [0.25, 0.3) is 0 Å². The molecule has 1 N–H and O–H groups in total. The summed E-state index contributed by atoms with van der Waals surface area (Å²) in [6, 6.07) is 10.6. The van der Waals surface area contributed by atoms with Crippen molar-refractivity contribution in [3.05, 3.63) is 47.5 Å². The molecule has 6 heteroatoms. The number of methoxy groups -OCH3 is 1. The average Bonchev–Trinajstić information content (AvgIpc) is 2.97. The molecule has 2 aromatic carbocycles. The van der Waals surface area contributed by atoms with Crippen LogP contribution < -0.4 is 0 Å². The average molecular weight is 325 g/mol. The van der Waals surface area contributed by atoms with Crippen molar-refractivity contribution in [3.63, 3.8) is 0 Å². The number of rotatable bonds is 2. The molecule has 3 rings (SSSR count). The number of carbonyl (C=O) groups is 1. The highest BCUT2D eigenvalue weighted by atomic mass is 16.5. The predicted octanol–water partition coefficient (Wildman–Crippen LogP) is 3.21. The maximum absolute atomic E-state index is 12.0. The zero-order chi connectivity index (χ0) is 17.5. The fraction of sp³-hybridized carbons (Fsp3) is 0.278. The van der Waals surface area contributed by atoms with Gasteiger partial charge in [-0.1, -0.05) is 32.9 Å². The number of phenolic OH excluding ortho intramolecular Hbond substituents is 1. The van der Waals surface area contributed by atoms with Crippen molar-refractivity contribution in [1.82, 2.24) is 15.0 Å². The van der Waals surface area contributed by atoms with Crippen LogP contribution in [0.3, 0.4) is 0 Å². The summed E-state index contributed by atoms with van der Waals surface area (Å²) in [6.07, 6.45) is 0. The van der Waals surface area contributed by atoms with E-state index in [4.69, 9.17) is 4.74 Å². The molecule has 3 aromatic rings. The van der Waals surface area contributed by atoms with Crippen LogP contribution in [0.1, 0.15) is 36.7 Å². The lowest BCUT2D eigenvalue weighted by molar-refractivity contribution is 0.0600. The SMILES string of the molecule is COC(=O)c1cc(-n2nc3ccccc3n2)c(O)c(C(C)(C)C)c1. The number of aromatic hydroxyl groups is 1. The molecule has 24 heavy (non-hydrogen) atoms. The summed E-state index contributed by atoms with van der Waals surface area (Å²) in [6.45, 7) is 5.87. The molecule has 0 bridgehead atoms. The molecule has 6 nitrogen and oxygen atoms in total. The molecule has 0 amide bonds. The smallest absolute Gasteiger partial charge is 0.337 e. The van der Waals surface area contributed by atoms with Gasteiger partial charge in [-0.15, -0.1) is 15.0 Å². The van der Waals surface area contributed by atoms with Crippen LogP contribution in [0.2, 0.25) is 0 Å². The third-order valence-corrected chi connectivity index (χ3v) is 3.82. The second-order valence-corrected chi connectivity index (χ2v) is 6.61. The molecule has 0 atom stereocenters. The van der Waals surface area contributed by atoms with Gasteiger partial charge in [0.05, 0.1) is 12.7 Å². The quantitative estimate of drug-likeness (QED) is 0.732. The molecular weight excluding hydrogens is 306 g/mol. The van der Waals surface area contributed by atoms with Crippen molar-refractivity contribution in [2.24, 2.45) is 0 Å². The molecule has 0 aliphatic heterocycles. The molecule has 0 aliphatic carbocycles. The van der Waals surface area contributed by atoms with E-state index in [0.717, 1.165) is 0 Å². The lowest BCUT2D eigenvalue weighted by atomic mass is 9.85. The Hall–Kier alpha value is -2.89. The second kappa shape index (κ2) is 5.63. The maximum atomic E-state index is 12.0. The zero-order valence-electron chi connectivity index (χ0n) is 14.1. The van der Waals surface area contributed by atoms with Crippen LogP contribution in [0, 0.1) is 0 Å². The third kappa shape index (κ3) is 2.71. The monoisotopic (exact) mass is 325 g/mol. The summed E-state index contributed by atoms with van der Waals surface area (Å²) in [5.74, 6) is -0.422. The van der Waals surface area contributed by atoms with E-state index >= 15 is 0 Å². The first-order valence-electron chi connectivity index (χ1n) is 7.59. The molecule has 0 saturated heterocycles. The van der Waals surface area contributed by atoms with E-state index in [9.17, 15) is 9.90 Å². The Morgan fingerprint density at radius 1 is 1.12 bits per heavy atom. The van der Waals surface area contributed by atoms with Gasteiger partial charge in [0.1, 0.15) is 22.5 Å². The van der Waals surface area contributed by atoms with Crippen LogP contribution in [0.5, 0.6) is 5.75 Å². The molecule has 0 spiro atoms. The normalized spacial score (nSPS) is 11.7. The summed E-state index contributed by atoms with van der Waals surface area (Å²) in [7, 11) is 1.33. The highest BCUT2D eigenvalue weighted by Gasteiger charge is 2.25. The standard InChI is InChI=1S/C18H19N3O3/c1-18(2,3)12-9-11(17(23)24-4)10-15(16(12)22)21-19-13-7-5-6-8-14(13)20-21/h5-10,22H,1-4H3. The van der Waals surface area contributed by atoms with E-state index < -0.39 is 5.97 Å². The summed E-state index contributed by atoms with van der Waals surface area (Å²) in [5.41, 5.74) is 2.36. The highest BCUT2D eigenvalue weighted by molar-refractivity contribution is 5.91. The second-order valence-electron chi connectivity index (χ2n) is 6.61. The Bertz CT molecular complexity index is 890. The molecule has 0 aliphatic rings. The van der Waals surface area contributed by atoms with E-state index in [1.165, 1.54) is 18.0 Å². The van der Waals surface area contributed by atoms with Crippen LogP contribution in [0.15, 0.2) is 36.4 Å². The number of carbonyl (C=O) groups excluding carboxylic acids is 1. The van der Waals surface area contributed by atoms with Gasteiger partial charge in [0.2, 0.25) is 0 Å². The minimum absolute atomic E-state index is 0.0514. The molecule has 0 saturated carbocycles. The van der Waals surface area contributed by atoms with Crippen molar-refractivity contribution in [3.8, 4) is 11.4 Å². The summed E-state index contributed by atoms with van der Waals surface area (Å²) in [4.78, 5) is 13.4. The van der Waals surface area contributed by atoms with Gasteiger partial charge in [-0.05, 0) is 29.7 Å². The Morgan fingerprint density at radius 2 is 1.71 bits per heavy atom. The number of phenols is 1. The first-order valence-corrected chi connectivity index (χ1v) is 7.59. The van der Waals surface area contributed by atoms with E-state index in [0.29, 0.717) is 27.8 Å². The lowest BCUT2D eigenvalue weighted by Crippen LogP contribution is -2.15. The van der Waals surface area contributed by atoms with E-state index in [1.807, 2.05) is 45.0 Å². The number of aromatic nitrogens is 3. The molecule has 1 heterocycles. The van der Waals surface area contributed by atoms with Crippen LogP contribution in [0.25, 0.3) is 16.7 Å². The van der Waals surface area contributed by atoms with Gasteiger partial charge in [-0.2, -0.15) is 0 Å².